The van der Waals surface area contributed by atoms with Crippen molar-refractivity contribution in [3.05, 3.63) is 17.7 Å². The van der Waals surface area contributed by atoms with Crippen molar-refractivity contribution in [3.8, 4) is 17.2 Å². The molecule has 1 atom stereocenters. The van der Waals surface area contributed by atoms with Crippen LogP contribution in [-0.2, 0) is 4.79 Å². The van der Waals surface area contributed by atoms with Crippen LogP contribution < -0.4 is 14.2 Å². The fourth-order valence-electron chi connectivity index (χ4n) is 3.68. The van der Waals surface area contributed by atoms with E-state index in [4.69, 9.17) is 14.2 Å². The van der Waals surface area contributed by atoms with Crippen LogP contribution in [0.25, 0.3) is 0 Å². The lowest BCUT2D eigenvalue weighted by atomic mass is 10.1. The van der Waals surface area contributed by atoms with E-state index in [1.807, 2.05) is 17.0 Å². The number of carbonyl (C=O) groups excluding carboxylic acids is 1. The van der Waals surface area contributed by atoms with Gasteiger partial charge >= 0.3 is 0 Å². The van der Waals surface area contributed by atoms with Crippen LogP contribution in [0, 0.1) is 0 Å². The molecule has 0 aromatic heterocycles. The van der Waals surface area contributed by atoms with Gasteiger partial charge in [-0.05, 0) is 38.9 Å². The summed E-state index contributed by atoms with van der Waals surface area (Å²) in [5.41, 5.74) is 0.910. The third-order valence-corrected chi connectivity index (χ3v) is 6.26. The van der Waals surface area contributed by atoms with E-state index < -0.39 is 0 Å². The summed E-state index contributed by atoms with van der Waals surface area (Å²) in [6.45, 7) is 4.18. The minimum absolute atomic E-state index is 0.0862. The van der Waals surface area contributed by atoms with E-state index in [2.05, 4.69) is 4.90 Å². The molecule has 0 saturated carbocycles. The van der Waals surface area contributed by atoms with Gasteiger partial charge in [-0.3, -0.25) is 4.79 Å². The largest absolute Gasteiger partial charge is 0.496 e. The van der Waals surface area contributed by atoms with Crippen molar-refractivity contribution >= 4 is 17.7 Å². The van der Waals surface area contributed by atoms with Gasteiger partial charge in [0, 0.05) is 18.7 Å². The average molecular weight is 381 g/mol. The Morgan fingerprint density at radius 3 is 2.27 bits per heavy atom. The van der Waals surface area contributed by atoms with Crippen LogP contribution in [0.2, 0.25) is 0 Å². The molecule has 0 spiro atoms. The number of thioether (sulfide) groups is 1. The molecule has 2 aliphatic rings. The SMILES string of the molecule is COc1cc(OC)c(C2SCC(=O)N2CCCN2CCCC2)c(OC)c1. The molecule has 1 aromatic carbocycles. The molecule has 144 valence electrons. The molecule has 1 unspecified atom stereocenters. The van der Waals surface area contributed by atoms with E-state index in [1.54, 1.807) is 33.1 Å². The lowest BCUT2D eigenvalue weighted by Gasteiger charge is -2.28. The van der Waals surface area contributed by atoms with E-state index >= 15 is 0 Å². The topological polar surface area (TPSA) is 51.2 Å². The van der Waals surface area contributed by atoms with Crippen molar-refractivity contribution in [1.29, 1.82) is 0 Å². The Morgan fingerprint density at radius 1 is 1.04 bits per heavy atom. The van der Waals surface area contributed by atoms with E-state index in [9.17, 15) is 4.79 Å². The van der Waals surface area contributed by atoms with Crippen LogP contribution in [0.1, 0.15) is 30.2 Å². The fraction of sp³-hybridized carbons (Fsp3) is 0.632. The number of likely N-dealkylation sites (tertiary alicyclic amines) is 1. The summed E-state index contributed by atoms with van der Waals surface area (Å²) in [5.74, 6) is 2.74. The van der Waals surface area contributed by atoms with Gasteiger partial charge in [-0.1, -0.05) is 0 Å². The van der Waals surface area contributed by atoms with Gasteiger partial charge in [0.25, 0.3) is 0 Å². The van der Waals surface area contributed by atoms with Crippen molar-refractivity contribution in [1.82, 2.24) is 9.80 Å². The summed E-state index contributed by atoms with van der Waals surface area (Å²) >= 11 is 1.63. The third kappa shape index (κ3) is 4.04. The molecule has 0 aliphatic carbocycles. The highest BCUT2D eigenvalue weighted by Gasteiger charge is 2.36. The summed E-state index contributed by atoms with van der Waals surface area (Å²) in [4.78, 5) is 16.9. The summed E-state index contributed by atoms with van der Waals surface area (Å²) in [7, 11) is 4.89. The van der Waals surface area contributed by atoms with Crippen LogP contribution in [0.5, 0.6) is 17.2 Å². The number of amides is 1. The molecule has 0 N–H and O–H groups in total. The van der Waals surface area contributed by atoms with Gasteiger partial charge < -0.3 is 24.0 Å². The summed E-state index contributed by atoms with van der Waals surface area (Å²) in [6.07, 6.45) is 3.58. The van der Waals surface area contributed by atoms with Crippen LogP contribution >= 0.6 is 11.8 Å². The number of nitrogens with zero attached hydrogens (tertiary/aromatic N) is 2. The van der Waals surface area contributed by atoms with E-state index in [0.29, 0.717) is 23.0 Å². The summed E-state index contributed by atoms with van der Waals surface area (Å²) in [5, 5.41) is -0.0862. The molecule has 3 rings (SSSR count). The lowest BCUT2D eigenvalue weighted by Crippen LogP contribution is -2.32. The highest BCUT2D eigenvalue weighted by atomic mass is 32.2. The van der Waals surface area contributed by atoms with Crippen molar-refractivity contribution in [2.75, 3.05) is 53.3 Å². The molecule has 2 fully saturated rings. The second-order valence-corrected chi connectivity index (χ2v) is 7.67. The molecular formula is C19H28N2O4S. The molecule has 1 amide bonds. The molecule has 0 bridgehead atoms. The number of ether oxygens (including phenoxy) is 3. The number of hydrogen-bond acceptors (Lipinski definition) is 6. The molecule has 6 nitrogen and oxygen atoms in total. The Balaban J connectivity index is 1.78. The van der Waals surface area contributed by atoms with E-state index in [0.717, 1.165) is 25.1 Å². The molecule has 2 heterocycles. The van der Waals surface area contributed by atoms with Gasteiger partial charge in [0.05, 0.1) is 32.6 Å². The molecule has 7 heteroatoms. The second-order valence-electron chi connectivity index (χ2n) is 6.60. The maximum atomic E-state index is 12.5. The quantitative estimate of drug-likeness (QED) is 0.691. The zero-order valence-electron chi connectivity index (χ0n) is 15.8. The zero-order chi connectivity index (χ0) is 18.5. The Kier molecular flexibility index (Phi) is 6.53. The first-order valence-corrected chi connectivity index (χ1v) is 10.2. The van der Waals surface area contributed by atoms with Crippen LogP contribution in [0.3, 0.4) is 0 Å². The number of carbonyl (C=O) groups is 1. The maximum Gasteiger partial charge on any atom is 0.233 e. The molecular weight excluding hydrogens is 352 g/mol. The van der Waals surface area contributed by atoms with Gasteiger partial charge in [-0.2, -0.15) is 0 Å². The van der Waals surface area contributed by atoms with Crippen LogP contribution in [-0.4, -0.2) is 69.0 Å². The summed E-state index contributed by atoms with van der Waals surface area (Å²) < 4.78 is 16.5. The van der Waals surface area contributed by atoms with Crippen molar-refractivity contribution in [2.45, 2.75) is 24.6 Å². The van der Waals surface area contributed by atoms with Gasteiger partial charge in [-0.25, -0.2) is 0 Å². The van der Waals surface area contributed by atoms with Crippen LogP contribution in [0.15, 0.2) is 12.1 Å². The number of hydrogen-bond donors (Lipinski definition) is 0. The molecule has 1 aromatic rings. The van der Waals surface area contributed by atoms with E-state index in [1.165, 1.54) is 25.9 Å². The van der Waals surface area contributed by atoms with Gasteiger partial charge in [0.2, 0.25) is 5.91 Å². The minimum Gasteiger partial charge on any atom is -0.496 e. The number of methoxy groups -OCH3 is 3. The highest BCUT2D eigenvalue weighted by Crippen LogP contribution is 2.48. The smallest absolute Gasteiger partial charge is 0.233 e. The van der Waals surface area contributed by atoms with Gasteiger partial charge in [0.15, 0.2) is 0 Å². The first kappa shape index (κ1) is 19.2. The standard InChI is InChI=1S/C19H28N2O4S/c1-23-14-11-15(24-2)18(16(12-14)25-3)19-21(17(22)13-26-19)10-6-9-20-7-4-5-8-20/h11-12,19H,4-10,13H2,1-3H3. The highest BCUT2D eigenvalue weighted by molar-refractivity contribution is 8.00. The number of rotatable bonds is 8. The molecule has 26 heavy (non-hydrogen) atoms. The van der Waals surface area contributed by atoms with Crippen molar-refractivity contribution in [3.63, 3.8) is 0 Å². The Hall–Kier alpha value is -1.60. The number of benzene rings is 1. The van der Waals surface area contributed by atoms with Crippen molar-refractivity contribution in [2.24, 2.45) is 0 Å². The minimum atomic E-state index is -0.0862. The third-order valence-electron chi connectivity index (χ3n) is 5.04. The van der Waals surface area contributed by atoms with Crippen molar-refractivity contribution < 1.29 is 19.0 Å². The Labute approximate surface area is 159 Å². The first-order chi connectivity index (χ1) is 12.7. The Bertz CT molecular complexity index is 609. The normalized spacial score (nSPS) is 20.7. The lowest BCUT2D eigenvalue weighted by molar-refractivity contribution is -0.128. The Morgan fingerprint density at radius 2 is 1.69 bits per heavy atom. The zero-order valence-corrected chi connectivity index (χ0v) is 16.6. The summed E-state index contributed by atoms with van der Waals surface area (Å²) in [6, 6.07) is 3.70. The van der Waals surface area contributed by atoms with Crippen LogP contribution in [0.4, 0.5) is 0 Å². The van der Waals surface area contributed by atoms with E-state index in [-0.39, 0.29) is 11.3 Å². The predicted octanol–water partition coefficient (Wildman–Crippen LogP) is 2.77. The maximum absolute atomic E-state index is 12.5. The molecule has 0 radical (unpaired) electrons. The second kappa shape index (κ2) is 8.86. The van der Waals surface area contributed by atoms with Gasteiger partial charge in [-0.15, -0.1) is 11.8 Å². The van der Waals surface area contributed by atoms with Gasteiger partial charge in [0.1, 0.15) is 22.6 Å². The first-order valence-electron chi connectivity index (χ1n) is 9.11. The molecule has 2 aliphatic heterocycles. The monoisotopic (exact) mass is 380 g/mol. The average Bonchev–Trinajstić information content (AvgIpc) is 3.31. The predicted molar refractivity (Wildman–Crippen MR) is 103 cm³/mol. The molecule has 2 saturated heterocycles. The fourth-order valence-corrected chi connectivity index (χ4v) is 4.95.